The number of carbonyl (C=O) groups excluding carboxylic acids is 2. The van der Waals surface area contributed by atoms with Crippen molar-refractivity contribution in [2.24, 2.45) is 5.92 Å². The van der Waals surface area contributed by atoms with Crippen LogP contribution in [0.4, 0.5) is 0 Å². The third kappa shape index (κ3) is 5.59. The van der Waals surface area contributed by atoms with Crippen LogP contribution in [-0.2, 0) is 14.3 Å². The van der Waals surface area contributed by atoms with Crippen molar-refractivity contribution in [3.05, 3.63) is 59.2 Å². The first-order valence-electron chi connectivity index (χ1n) is 11.6. The Hall–Kier alpha value is -3.52. The second-order valence-electron chi connectivity index (χ2n) is 8.65. The zero-order chi connectivity index (χ0) is 25.5. The molecule has 1 aliphatic rings. The minimum Gasteiger partial charge on any atom is -0.507 e. The molecule has 1 atom stereocenters. The lowest BCUT2D eigenvalue weighted by atomic mass is 9.94. The van der Waals surface area contributed by atoms with Gasteiger partial charge < -0.3 is 29.0 Å². The number of aliphatic hydroxyl groups excluding tert-OH is 1. The number of rotatable bonds is 11. The van der Waals surface area contributed by atoms with E-state index in [1.165, 1.54) is 19.1 Å². The molecule has 1 N–H and O–H groups in total. The van der Waals surface area contributed by atoms with Gasteiger partial charge >= 0.3 is 0 Å². The third-order valence-electron chi connectivity index (χ3n) is 5.73. The molecule has 8 heteroatoms. The molecule has 0 bridgehead atoms. The zero-order valence-electron chi connectivity index (χ0n) is 20.9. The highest BCUT2D eigenvalue weighted by Gasteiger charge is 2.47. The highest BCUT2D eigenvalue weighted by molar-refractivity contribution is 6.46. The summed E-state index contributed by atoms with van der Waals surface area (Å²) in [6.07, 6.45) is 0.522. The smallest absolute Gasteiger partial charge is 0.295 e. The van der Waals surface area contributed by atoms with Crippen molar-refractivity contribution in [3.8, 4) is 17.2 Å². The summed E-state index contributed by atoms with van der Waals surface area (Å²) in [6.45, 7) is 5.36. The first kappa shape index (κ1) is 26.1. The van der Waals surface area contributed by atoms with Gasteiger partial charge in [-0.2, -0.15) is 0 Å². The van der Waals surface area contributed by atoms with Crippen molar-refractivity contribution in [1.29, 1.82) is 0 Å². The molecule has 0 radical (unpaired) electrons. The summed E-state index contributed by atoms with van der Waals surface area (Å²) < 4.78 is 21.9. The lowest BCUT2D eigenvalue weighted by Gasteiger charge is -2.27. The minimum atomic E-state index is -0.853. The minimum absolute atomic E-state index is 0.00480. The van der Waals surface area contributed by atoms with Crippen molar-refractivity contribution in [2.75, 3.05) is 41.1 Å². The fourth-order valence-corrected chi connectivity index (χ4v) is 4.07. The Labute approximate surface area is 206 Å². The van der Waals surface area contributed by atoms with E-state index in [0.29, 0.717) is 53.9 Å². The molecule has 8 nitrogen and oxygen atoms in total. The average Bonchev–Trinajstić information content (AvgIpc) is 3.11. The van der Waals surface area contributed by atoms with E-state index >= 15 is 0 Å². The largest absolute Gasteiger partial charge is 0.507 e. The summed E-state index contributed by atoms with van der Waals surface area (Å²) in [4.78, 5) is 27.7. The van der Waals surface area contributed by atoms with Crippen LogP contribution in [0.25, 0.3) is 5.76 Å². The number of para-hydroxylation sites is 1. The van der Waals surface area contributed by atoms with Crippen LogP contribution in [-0.4, -0.2) is 62.8 Å². The number of amides is 1. The van der Waals surface area contributed by atoms with E-state index in [-0.39, 0.29) is 17.9 Å². The van der Waals surface area contributed by atoms with Crippen LogP contribution in [0, 0.1) is 5.92 Å². The number of hydrogen-bond acceptors (Lipinski definition) is 7. The molecule has 3 rings (SSSR count). The number of carbonyl (C=O) groups is 2. The van der Waals surface area contributed by atoms with Gasteiger partial charge in [-0.1, -0.05) is 26.0 Å². The SMILES string of the molecule is COCCCN1C(=O)C(=O)/C(=C(/O)c2ccc(OCC(C)C)cc2)C1c1cccc(OC)c1OC. The van der Waals surface area contributed by atoms with Crippen LogP contribution in [0.2, 0.25) is 0 Å². The number of benzene rings is 2. The fourth-order valence-electron chi connectivity index (χ4n) is 4.07. The molecule has 1 saturated heterocycles. The van der Waals surface area contributed by atoms with E-state index in [1.807, 2.05) is 0 Å². The summed E-state index contributed by atoms with van der Waals surface area (Å²) >= 11 is 0. The molecular formula is C27H33NO7. The van der Waals surface area contributed by atoms with Gasteiger partial charge in [0.15, 0.2) is 11.5 Å². The second kappa shape index (κ2) is 11.8. The van der Waals surface area contributed by atoms with Crippen molar-refractivity contribution < 1.29 is 33.6 Å². The number of ether oxygens (including phenoxy) is 4. The highest BCUT2D eigenvalue weighted by Crippen LogP contribution is 2.45. The van der Waals surface area contributed by atoms with Gasteiger partial charge in [0.05, 0.1) is 32.4 Å². The summed E-state index contributed by atoms with van der Waals surface area (Å²) in [5.41, 5.74) is 0.945. The number of Topliss-reactive ketones (excluding diaryl/α,β-unsaturated/α-hetero) is 1. The van der Waals surface area contributed by atoms with Crippen LogP contribution in [0.1, 0.15) is 37.4 Å². The van der Waals surface area contributed by atoms with E-state index in [9.17, 15) is 14.7 Å². The topological polar surface area (TPSA) is 94.5 Å². The van der Waals surface area contributed by atoms with Gasteiger partial charge in [0.25, 0.3) is 11.7 Å². The van der Waals surface area contributed by atoms with Crippen LogP contribution in [0.3, 0.4) is 0 Å². The maximum Gasteiger partial charge on any atom is 0.295 e. The van der Waals surface area contributed by atoms with Gasteiger partial charge in [-0.3, -0.25) is 9.59 Å². The summed E-state index contributed by atoms with van der Waals surface area (Å²) in [5, 5.41) is 11.3. The second-order valence-corrected chi connectivity index (χ2v) is 8.65. The molecular weight excluding hydrogens is 450 g/mol. The zero-order valence-corrected chi connectivity index (χ0v) is 20.9. The molecule has 0 spiro atoms. The van der Waals surface area contributed by atoms with Crippen LogP contribution < -0.4 is 14.2 Å². The van der Waals surface area contributed by atoms with Crippen molar-refractivity contribution in [3.63, 3.8) is 0 Å². The van der Waals surface area contributed by atoms with Crippen molar-refractivity contribution >= 4 is 17.4 Å². The maximum atomic E-state index is 13.2. The molecule has 2 aromatic rings. The van der Waals surface area contributed by atoms with Crippen LogP contribution >= 0.6 is 0 Å². The fraction of sp³-hybridized carbons (Fsp3) is 0.407. The molecule has 0 aliphatic carbocycles. The maximum absolute atomic E-state index is 13.2. The summed E-state index contributed by atoms with van der Waals surface area (Å²) in [5.74, 6) is 0.171. The van der Waals surface area contributed by atoms with E-state index in [2.05, 4.69) is 13.8 Å². The van der Waals surface area contributed by atoms with Crippen molar-refractivity contribution in [1.82, 2.24) is 4.90 Å². The molecule has 0 aromatic heterocycles. The molecule has 1 amide bonds. The third-order valence-corrected chi connectivity index (χ3v) is 5.73. The average molecular weight is 484 g/mol. The Balaban J connectivity index is 2.11. The van der Waals surface area contributed by atoms with Crippen molar-refractivity contribution in [2.45, 2.75) is 26.3 Å². The number of hydrogen-bond donors (Lipinski definition) is 1. The molecule has 0 saturated carbocycles. The predicted molar refractivity (Wildman–Crippen MR) is 132 cm³/mol. The first-order chi connectivity index (χ1) is 16.8. The predicted octanol–water partition coefficient (Wildman–Crippen LogP) is 4.20. The number of aliphatic hydroxyl groups is 1. The van der Waals surface area contributed by atoms with Gasteiger partial charge in [0.2, 0.25) is 0 Å². The van der Waals surface area contributed by atoms with Gasteiger partial charge in [-0.15, -0.1) is 0 Å². The Bertz CT molecular complexity index is 1080. The Morgan fingerprint density at radius 3 is 2.34 bits per heavy atom. The first-order valence-corrected chi connectivity index (χ1v) is 11.6. The molecule has 1 aliphatic heterocycles. The molecule has 2 aromatic carbocycles. The standard InChI is InChI=1S/C27H33NO7/c1-17(2)16-35-19-12-10-18(11-13-19)24(29)22-23(20-8-6-9-21(33-4)26(20)34-5)28(14-7-15-32-3)27(31)25(22)30/h6,8-13,17,23,29H,7,14-16H2,1-5H3/b24-22+. The lowest BCUT2D eigenvalue weighted by Crippen LogP contribution is -2.31. The quantitative estimate of drug-likeness (QED) is 0.222. The Morgan fingerprint density at radius 1 is 1.03 bits per heavy atom. The van der Waals surface area contributed by atoms with Crippen LogP contribution in [0.15, 0.2) is 48.0 Å². The highest BCUT2D eigenvalue weighted by atomic mass is 16.5. The molecule has 188 valence electrons. The van der Waals surface area contributed by atoms with Gasteiger partial charge in [0, 0.05) is 31.4 Å². The summed E-state index contributed by atoms with van der Waals surface area (Å²) in [6, 6.07) is 11.2. The number of likely N-dealkylation sites (tertiary alicyclic amines) is 1. The Morgan fingerprint density at radius 2 is 1.74 bits per heavy atom. The van der Waals surface area contributed by atoms with E-state index in [1.54, 1.807) is 49.6 Å². The Kier molecular flexibility index (Phi) is 8.76. The number of methoxy groups -OCH3 is 3. The van der Waals surface area contributed by atoms with Crippen LogP contribution in [0.5, 0.6) is 17.2 Å². The van der Waals surface area contributed by atoms with E-state index < -0.39 is 17.7 Å². The van der Waals surface area contributed by atoms with Gasteiger partial charge in [0.1, 0.15) is 11.5 Å². The molecule has 1 fully saturated rings. The molecule has 1 unspecified atom stereocenters. The van der Waals surface area contributed by atoms with E-state index in [4.69, 9.17) is 18.9 Å². The van der Waals surface area contributed by atoms with Gasteiger partial charge in [-0.25, -0.2) is 0 Å². The number of ketones is 1. The van der Waals surface area contributed by atoms with Gasteiger partial charge in [-0.05, 0) is 42.7 Å². The number of nitrogens with zero attached hydrogens (tertiary/aromatic N) is 1. The molecule has 1 heterocycles. The normalized spacial score (nSPS) is 17.2. The monoisotopic (exact) mass is 483 g/mol. The molecule has 35 heavy (non-hydrogen) atoms. The summed E-state index contributed by atoms with van der Waals surface area (Å²) in [7, 11) is 4.58. The van der Waals surface area contributed by atoms with E-state index in [0.717, 1.165) is 0 Å². The lowest BCUT2D eigenvalue weighted by molar-refractivity contribution is -0.140.